The van der Waals surface area contributed by atoms with Crippen molar-refractivity contribution in [3.05, 3.63) is 46.8 Å². The summed E-state index contributed by atoms with van der Waals surface area (Å²) in [7, 11) is 0. The van der Waals surface area contributed by atoms with E-state index in [-0.39, 0.29) is 6.61 Å². The zero-order chi connectivity index (χ0) is 13.2. The minimum atomic E-state index is -0.0847. The highest BCUT2D eigenvalue weighted by atomic mass is 35.5. The van der Waals surface area contributed by atoms with Gasteiger partial charge >= 0.3 is 0 Å². The molecule has 0 bridgehead atoms. The van der Waals surface area contributed by atoms with Crippen molar-refractivity contribution < 1.29 is 5.11 Å². The molecular formula is C12H9ClN4OS. The Morgan fingerprint density at radius 2 is 2.05 bits per heavy atom. The van der Waals surface area contributed by atoms with Crippen LogP contribution in [0, 0.1) is 0 Å². The van der Waals surface area contributed by atoms with E-state index in [4.69, 9.17) is 11.6 Å². The summed E-state index contributed by atoms with van der Waals surface area (Å²) in [6.45, 7) is -0.0847. The van der Waals surface area contributed by atoms with Crippen LogP contribution in [0.25, 0.3) is 16.1 Å². The SMILES string of the molecule is OCc1cc(-n2nccn2)ccc1-c1scnc1Cl. The van der Waals surface area contributed by atoms with Crippen LogP contribution < -0.4 is 0 Å². The first-order valence-corrected chi connectivity index (χ1v) is 6.75. The number of hydrogen-bond acceptors (Lipinski definition) is 5. The van der Waals surface area contributed by atoms with Gasteiger partial charge < -0.3 is 5.11 Å². The van der Waals surface area contributed by atoms with Gasteiger partial charge in [0.05, 0.1) is 35.1 Å². The molecule has 0 aliphatic heterocycles. The molecule has 2 aromatic heterocycles. The van der Waals surface area contributed by atoms with Crippen LogP contribution in [0.5, 0.6) is 0 Å². The maximum absolute atomic E-state index is 9.52. The lowest BCUT2D eigenvalue weighted by Crippen LogP contribution is -2.00. The largest absolute Gasteiger partial charge is 0.392 e. The lowest BCUT2D eigenvalue weighted by atomic mass is 10.1. The highest BCUT2D eigenvalue weighted by molar-refractivity contribution is 7.14. The van der Waals surface area contributed by atoms with E-state index >= 15 is 0 Å². The fourth-order valence-corrected chi connectivity index (χ4v) is 2.89. The first kappa shape index (κ1) is 12.3. The molecule has 1 aromatic carbocycles. The summed E-state index contributed by atoms with van der Waals surface area (Å²) >= 11 is 7.47. The van der Waals surface area contributed by atoms with Gasteiger partial charge in [-0.2, -0.15) is 15.0 Å². The van der Waals surface area contributed by atoms with Gasteiger partial charge in [-0.25, -0.2) is 4.98 Å². The molecule has 0 fully saturated rings. The van der Waals surface area contributed by atoms with Gasteiger partial charge in [-0.05, 0) is 17.7 Å². The van der Waals surface area contributed by atoms with E-state index in [1.807, 2.05) is 18.2 Å². The quantitative estimate of drug-likeness (QED) is 0.806. The third-order valence-electron chi connectivity index (χ3n) is 2.68. The molecule has 0 aliphatic carbocycles. The van der Waals surface area contributed by atoms with Gasteiger partial charge in [0.25, 0.3) is 0 Å². The number of hydrogen-bond donors (Lipinski definition) is 1. The molecule has 3 rings (SSSR count). The number of thiazole rings is 1. The number of halogens is 1. The van der Waals surface area contributed by atoms with Crippen LogP contribution >= 0.6 is 22.9 Å². The Morgan fingerprint density at radius 1 is 1.26 bits per heavy atom. The fraction of sp³-hybridized carbons (Fsp3) is 0.0833. The predicted molar refractivity (Wildman–Crippen MR) is 73.4 cm³/mol. The molecule has 19 heavy (non-hydrogen) atoms. The molecule has 5 nitrogen and oxygen atoms in total. The second-order valence-corrected chi connectivity index (χ2v) is 5.00. The van der Waals surface area contributed by atoms with Crippen molar-refractivity contribution in [3.63, 3.8) is 0 Å². The van der Waals surface area contributed by atoms with Crippen LogP contribution in [-0.4, -0.2) is 25.1 Å². The van der Waals surface area contributed by atoms with Crippen LogP contribution in [-0.2, 0) is 6.61 Å². The van der Waals surface area contributed by atoms with Gasteiger partial charge in [0.1, 0.15) is 5.15 Å². The lowest BCUT2D eigenvalue weighted by Gasteiger charge is -2.08. The van der Waals surface area contributed by atoms with Crippen LogP contribution in [0.2, 0.25) is 5.15 Å². The molecule has 0 aliphatic rings. The average Bonchev–Trinajstić information content (AvgIpc) is 3.09. The number of aromatic nitrogens is 4. The Kier molecular flexibility index (Phi) is 3.29. The second kappa shape index (κ2) is 5.08. The van der Waals surface area contributed by atoms with E-state index in [1.165, 1.54) is 16.1 Å². The van der Waals surface area contributed by atoms with Crippen molar-refractivity contribution in [2.45, 2.75) is 6.61 Å². The number of benzene rings is 1. The van der Waals surface area contributed by atoms with Crippen molar-refractivity contribution in [1.29, 1.82) is 0 Å². The molecule has 0 saturated heterocycles. The Labute approximate surface area is 118 Å². The van der Waals surface area contributed by atoms with E-state index in [0.717, 1.165) is 21.7 Å². The first-order valence-electron chi connectivity index (χ1n) is 5.49. The van der Waals surface area contributed by atoms with Crippen molar-refractivity contribution in [1.82, 2.24) is 20.0 Å². The van der Waals surface area contributed by atoms with Gasteiger partial charge in [0.2, 0.25) is 0 Å². The highest BCUT2D eigenvalue weighted by Gasteiger charge is 2.12. The van der Waals surface area contributed by atoms with Gasteiger partial charge in [-0.3, -0.25) is 0 Å². The standard InChI is InChI=1S/C12H9ClN4OS/c13-12-11(19-7-14-12)10-2-1-9(5-8(10)6-18)17-15-3-4-16-17/h1-5,7,18H,6H2. The smallest absolute Gasteiger partial charge is 0.147 e. The monoisotopic (exact) mass is 292 g/mol. The summed E-state index contributed by atoms with van der Waals surface area (Å²) in [5.41, 5.74) is 4.12. The predicted octanol–water partition coefficient (Wildman–Crippen LogP) is 2.54. The fourth-order valence-electron chi connectivity index (χ4n) is 1.81. The Bertz CT molecular complexity index is 696. The van der Waals surface area contributed by atoms with E-state index in [9.17, 15) is 5.11 Å². The maximum Gasteiger partial charge on any atom is 0.147 e. The van der Waals surface area contributed by atoms with E-state index in [1.54, 1.807) is 17.9 Å². The molecule has 0 amide bonds. The van der Waals surface area contributed by atoms with Gasteiger partial charge in [0, 0.05) is 5.56 Å². The molecule has 0 atom stereocenters. The van der Waals surface area contributed by atoms with E-state index < -0.39 is 0 Å². The van der Waals surface area contributed by atoms with Gasteiger partial charge in [0.15, 0.2) is 0 Å². The van der Waals surface area contributed by atoms with Crippen molar-refractivity contribution in [3.8, 4) is 16.1 Å². The van der Waals surface area contributed by atoms with Crippen molar-refractivity contribution in [2.75, 3.05) is 0 Å². The Hall–Kier alpha value is -1.76. The number of rotatable bonds is 3. The normalized spacial score (nSPS) is 10.8. The van der Waals surface area contributed by atoms with Crippen LogP contribution in [0.4, 0.5) is 0 Å². The van der Waals surface area contributed by atoms with Crippen molar-refractivity contribution >= 4 is 22.9 Å². The lowest BCUT2D eigenvalue weighted by molar-refractivity contribution is 0.282. The topological polar surface area (TPSA) is 63.8 Å². The number of aliphatic hydroxyl groups excluding tert-OH is 1. The zero-order valence-electron chi connectivity index (χ0n) is 9.69. The molecule has 0 spiro atoms. The summed E-state index contributed by atoms with van der Waals surface area (Å²) in [6.07, 6.45) is 3.21. The molecular weight excluding hydrogens is 284 g/mol. The average molecular weight is 293 g/mol. The first-order chi connectivity index (χ1) is 9.29. The van der Waals surface area contributed by atoms with E-state index in [2.05, 4.69) is 15.2 Å². The number of aliphatic hydroxyl groups is 1. The third kappa shape index (κ3) is 2.25. The summed E-state index contributed by atoms with van der Waals surface area (Å²) in [6, 6.07) is 5.61. The molecule has 0 saturated carbocycles. The minimum Gasteiger partial charge on any atom is -0.392 e. The maximum atomic E-state index is 9.52. The minimum absolute atomic E-state index is 0.0847. The molecule has 2 heterocycles. The summed E-state index contributed by atoms with van der Waals surface area (Å²) in [4.78, 5) is 6.36. The molecule has 7 heteroatoms. The summed E-state index contributed by atoms with van der Waals surface area (Å²) in [5, 5.41) is 18.1. The summed E-state index contributed by atoms with van der Waals surface area (Å²) in [5.74, 6) is 0. The molecule has 0 radical (unpaired) electrons. The van der Waals surface area contributed by atoms with Gasteiger partial charge in [-0.1, -0.05) is 17.7 Å². The molecule has 1 N–H and O–H groups in total. The van der Waals surface area contributed by atoms with Crippen LogP contribution in [0.1, 0.15) is 5.56 Å². The third-order valence-corrected chi connectivity index (χ3v) is 3.94. The van der Waals surface area contributed by atoms with E-state index in [0.29, 0.717) is 5.15 Å². The zero-order valence-corrected chi connectivity index (χ0v) is 11.3. The van der Waals surface area contributed by atoms with Crippen LogP contribution in [0.15, 0.2) is 36.1 Å². The molecule has 0 unspecified atom stereocenters. The van der Waals surface area contributed by atoms with Crippen molar-refractivity contribution in [2.24, 2.45) is 0 Å². The Balaban J connectivity index is 2.11. The second-order valence-electron chi connectivity index (χ2n) is 3.79. The van der Waals surface area contributed by atoms with Gasteiger partial charge in [-0.15, -0.1) is 11.3 Å². The molecule has 96 valence electrons. The highest BCUT2D eigenvalue weighted by Crippen LogP contribution is 2.34. The number of nitrogens with zero attached hydrogens (tertiary/aromatic N) is 4. The molecule has 3 aromatic rings. The summed E-state index contributed by atoms with van der Waals surface area (Å²) < 4.78 is 0. The Morgan fingerprint density at radius 3 is 2.68 bits per heavy atom. The van der Waals surface area contributed by atoms with Crippen LogP contribution in [0.3, 0.4) is 0 Å².